The van der Waals surface area contributed by atoms with Crippen LogP contribution < -0.4 is 14.8 Å². The fourth-order valence-corrected chi connectivity index (χ4v) is 3.64. The van der Waals surface area contributed by atoms with E-state index in [9.17, 15) is 14.4 Å². The molecule has 1 aromatic rings. The van der Waals surface area contributed by atoms with E-state index in [1.807, 2.05) is 24.3 Å². The minimum atomic E-state index is -0.246. The average Bonchev–Trinajstić information content (AvgIpc) is 3.22. The third kappa shape index (κ3) is 3.05. The number of carbonyl (C=O) groups excluding carboxylic acids is 3. The lowest BCUT2D eigenvalue weighted by molar-refractivity contribution is -0.140. The van der Waals surface area contributed by atoms with Gasteiger partial charge in [-0.15, -0.1) is 0 Å². The predicted molar refractivity (Wildman–Crippen MR) is 91.1 cm³/mol. The smallest absolute Gasteiger partial charge is 0.233 e. The van der Waals surface area contributed by atoms with Crippen molar-refractivity contribution in [2.24, 2.45) is 11.8 Å². The van der Waals surface area contributed by atoms with E-state index in [-0.39, 0.29) is 49.3 Å². The molecule has 0 bridgehead atoms. The van der Waals surface area contributed by atoms with Crippen LogP contribution in [0.5, 0.6) is 11.5 Å². The van der Waals surface area contributed by atoms with Crippen molar-refractivity contribution in [2.75, 3.05) is 13.3 Å². The molecule has 1 saturated heterocycles. The molecular weight excluding hydrogens is 336 g/mol. The Balaban J connectivity index is 1.28. The summed E-state index contributed by atoms with van der Waals surface area (Å²) >= 11 is 0. The standard InChI is InChI=1S/C19H20N2O5/c22-17(20-10-12-5-6-15-16(9-12)26-11-25-15)7-8-21-18(23)13-3-1-2-4-14(13)19(21)24/h1-2,5-6,9,13-14H,3-4,7-8,10-11H2,(H,20,22)/t13-,14-/m1/s1. The van der Waals surface area contributed by atoms with Gasteiger partial charge in [-0.05, 0) is 30.5 Å². The van der Waals surface area contributed by atoms with Gasteiger partial charge < -0.3 is 14.8 Å². The zero-order valence-corrected chi connectivity index (χ0v) is 14.3. The van der Waals surface area contributed by atoms with Crippen molar-refractivity contribution in [3.63, 3.8) is 0 Å². The highest BCUT2D eigenvalue weighted by Gasteiger charge is 2.46. The van der Waals surface area contributed by atoms with E-state index in [0.717, 1.165) is 5.56 Å². The highest BCUT2D eigenvalue weighted by atomic mass is 16.7. The molecule has 0 radical (unpaired) electrons. The summed E-state index contributed by atoms with van der Waals surface area (Å²) in [6, 6.07) is 5.49. The topological polar surface area (TPSA) is 84.9 Å². The lowest BCUT2D eigenvalue weighted by Crippen LogP contribution is -2.35. The normalized spacial score (nSPS) is 23.3. The summed E-state index contributed by atoms with van der Waals surface area (Å²) in [5, 5.41) is 2.81. The maximum Gasteiger partial charge on any atom is 0.233 e. The molecule has 136 valence electrons. The van der Waals surface area contributed by atoms with Gasteiger partial charge in [0.25, 0.3) is 0 Å². The highest BCUT2D eigenvalue weighted by molar-refractivity contribution is 6.05. The molecule has 7 nitrogen and oxygen atoms in total. The highest BCUT2D eigenvalue weighted by Crippen LogP contribution is 2.35. The van der Waals surface area contributed by atoms with Crippen molar-refractivity contribution >= 4 is 17.7 Å². The number of nitrogens with one attached hydrogen (secondary N) is 1. The van der Waals surface area contributed by atoms with E-state index in [1.54, 1.807) is 6.07 Å². The summed E-state index contributed by atoms with van der Waals surface area (Å²) in [6.45, 7) is 0.699. The molecule has 0 spiro atoms. The lowest BCUT2D eigenvalue weighted by atomic mass is 9.85. The van der Waals surface area contributed by atoms with Crippen molar-refractivity contribution in [1.82, 2.24) is 10.2 Å². The van der Waals surface area contributed by atoms with Crippen LogP contribution >= 0.6 is 0 Å². The lowest BCUT2D eigenvalue weighted by Gasteiger charge is -2.14. The van der Waals surface area contributed by atoms with Crippen molar-refractivity contribution in [2.45, 2.75) is 25.8 Å². The fraction of sp³-hybridized carbons (Fsp3) is 0.421. The quantitative estimate of drug-likeness (QED) is 0.636. The molecule has 0 unspecified atom stereocenters. The number of amides is 3. The van der Waals surface area contributed by atoms with Gasteiger partial charge in [0.15, 0.2) is 11.5 Å². The Bertz CT molecular complexity index is 762. The number of fused-ring (bicyclic) bond motifs is 2. The van der Waals surface area contributed by atoms with Gasteiger partial charge >= 0.3 is 0 Å². The van der Waals surface area contributed by atoms with E-state index in [2.05, 4.69) is 5.32 Å². The predicted octanol–water partition coefficient (Wildman–Crippen LogP) is 1.37. The van der Waals surface area contributed by atoms with Gasteiger partial charge in [0.2, 0.25) is 24.5 Å². The van der Waals surface area contributed by atoms with Crippen molar-refractivity contribution in [1.29, 1.82) is 0 Å². The van der Waals surface area contributed by atoms with Crippen LogP contribution in [0.1, 0.15) is 24.8 Å². The Morgan fingerprint density at radius 2 is 1.77 bits per heavy atom. The van der Waals surface area contributed by atoms with E-state index < -0.39 is 0 Å². The summed E-state index contributed by atoms with van der Waals surface area (Å²) in [5.74, 6) is 0.383. The van der Waals surface area contributed by atoms with Crippen LogP contribution in [0.2, 0.25) is 0 Å². The summed E-state index contributed by atoms with van der Waals surface area (Å²) in [7, 11) is 0. The second kappa shape index (κ2) is 6.82. The SMILES string of the molecule is O=C(CCN1C(=O)[C@@H]2CC=CC[C@H]2C1=O)NCc1ccc2c(c1)OCO2. The Labute approximate surface area is 150 Å². The van der Waals surface area contributed by atoms with Crippen LogP contribution in [0.15, 0.2) is 30.4 Å². The first kappa shape index (κ1) is 16.6. The van der Waals surface area contributed by atoms with Crippen LogP contribution in [-0.4, -0.2) is 36.0 Å². The Morgan fingerprint density at radius 3 is 2.50 bits per heavy atom. The molecule has 3 aliphatic rings. The zero-order chi connectivity index (χ0) is 18.1. The number of hydrogen-bond acceptors (Lipinski definition) is 5. The van der Waals surface area contributed by atoms with Gasteiger partial charge in [0, 0.05) is 19.5 Å². The molecular formula is C19H20N2O5. The third-order valence-corrected chi connectivity index (χ3v) is 5.09. The van der Waals surface area contributed by atoms with Crippen LogP contribution in [0.3, 0.4) is 0 Å². The maximum absolute atomic E-state index is 12.4. The van der Waals surface area contributed by atoms with E-state index in [1.165, 1.54) is 4.90 Å². The number of imide groups is 1. The van der Waals surface area contributed by atoms with E-state index in [0.29, 0.717) is 30.9 Å². The van der Waals surface area contributed by atoms with Crippen LogP contribution in [0.4, 0.5) is 0 Å². The van der Waals surface area contributed by atoms with E-state index >= 15 is 0 Å². The first-order valence-electron chi connectivity index (χ1n) is 8.79. The number of rotatable bonds is 5. The largest absolute Gasteiger partial charge is 0.454 e. The molecule has 4 rings (SSSR count). The molecule has 1 aliphatic carbocycles. The Kier molecular flexibility index (Phi) is 4.36. The van der Waals surface area contributed by atoms with Crippen molar-refractivity contribution < 1.29 is 23.9 Å². The van der Waals surface area contributed by atoms with Gasteiger partial charge in [-0.25, -0.2) is 0 Å². The number of benzene rings is 1. The molecule has 1 aromatic carbocycles. The second-order valence-corrected chi connectivity index (χ2v) is 6.70. The van der Waals surface area contributed by atoms with Crippen LogP contribution in [0.25, 0.3) is 0 Å². The van der Waals surface area contributed by atoms with Gasteiger partial charge in [-0.2, -0.15) is 0 Å². The number of hydrogen-bond donors (Lipinski definition) is 1. The van der Waals surface area contributed by atoms with Gasteiger partial charge in [-0.1, -0.05) is 18.2 Å². The number of nitrogens with zero attached hydrogens (tertiary/aromatic N) is 1. The Hall–Kier alpha value is -2.83. The average molecular weight is 356 g/mol. The van der Waals surface area contributed by atoms with Gasteiger partial charge in [0.1, 0.15) is 0 Å². The van der Waals surface area contributed by atoms with Crippen molar-refractivity contribution in [3.8, 4) is 11.5 Å². The fourth-order valence-electron chi connectivity index (χ4n) is 3.64. The minimum Gasteiger partial charge on any atom is -0.454 e. The summed E-state index contributed by atoms with van der Waals surface area (Å²) in [4.78, 5) is 38.1. The minimum absolute atomic E-state index is 0.106. The second-order valence-electron chi connectivity index (χ2n) is 6.70. The third-order valence-electron chi connectivity index (χ3n) is 5.09. The molecule has 0 saturated carbocycles. The summed E-state index contributed by atoms with van der Waals surface area (Å²) in [5.41, 5.74) is 0.896. The molecule has 2 aliphatic heterocycles. The number of allylic oxidation sites excluding steroid dienone is 2. The van der Waals surface area contributed by atoms with Crippen LogP contribution in [-0.2, 0) is 20.9 Å². The Morgan fingerprint density at radius 1 is 1.08 bits per heavy atom. The van der Waals surface area contributed by atoms with Gasteiger partial charge in [-0.3, -0.25) is 19.3 Å². The van der Waals surface area contributed by atoms with Crippen LogP contribution in [0, 0.1) is 11.8 Å². The molecule has 0 aromatic heterocycles. The molecule has 1 N–H and O–H groups in total. The molecule has 2 heterocycles. The number of carbonyl (C=O) groups is 3. The molecule has 3 amide bonds. The van der Waals surface area contributed by atoms with Gasteiger partial charge in [0.05, 0.1) is 11.8 Å². The van der Waals surface area contributed by atoms with Crippen molar-refractivity contribution in [3.05, 3.63) is 35.9 Å². The summed E-state index contributed by atoms with van der Waals surface area (Å²) < 4.78 is 10.6. The number of likely N-dealkylation sites (tertiary alicyclic amines) is 1. The molecule has 1 fully saturated rings. The molecule has 2 atom stereocenters. The molecule has 26 heavy (non-hydrogen) atoms. The van der Waals surface area contributed by atoms with E-state index in [4.69, 9.17) is 9.47 Å². The molecule has 7 heteroatoms. The maximum atomic E-state index is 12.4. The first-order valence-corrected chi connectivity index (χ1v) is 8.79. The zero-order valence-electron chi connectivity index (χ0n) is 14.3. The summed E-state index contributed by atoms with van der Waals surface area (Å²) in [6.07, 6.45) is 5.24. The number of ether oxygens (including phenoxy) is 2. The first-order chi connectivity index (χ1) is 12.6. The monoisotopic (exact) mass is 356 g/mol.